The SMILES string of the molecule is CC1=NC(C)C(CO)C=N1. The molecule has 56 valence electrons. The Morgan fingerprint density at radius 2 is 2.40 bits per heavy atom. The smallest absolute Gasteiger partial charge is 0.119 e. The van der Waals surface area contributed by atoms with Crippen LogP contribution in [0.15, 0.2) is 9.98 Å². The van der Waals surface area contributed by atoms with Gasteiger partial charge in [-0.1, -0.05) is 0 Å². The number of hydrogen-bond donors (Lipinski definition) is 1. The highest BCUT2D eigenvalue weighted by molar-refractivity contribution is 5.90. The Labute approximate surface area is 60.5 Å². The minimum Gasteiger partial charge on any atom is -0.396 e. The second-order valence-corrected chi connectivity index (χ2v) is 2.54. The Hall–Kier alpha value is -0.700. The zero-order chi connectivity index (χ0) is 7.56. The average Bonchev–Trinajstić information content (AvgIpc) is 1.88. The standard InChI is InChI=1S/C7H12N2O/c1-5-7(4-10)3-8-6(2)9-5/h3,5,7,10H,4H2,1-2H3. The van der Waals surface area contributed by atoms with E-state index in [0.29, 0.717) is 0 Å². The minimum absolute atomic E-state index is 0.115. The molecule has 1 N–H and O–H groups in total. The van der Waals surface area contributed by atoms with Gasteiger partial charge in [-0.3, -0.25) is 4.99 Å². The molecule has 0 saturated carbocycles. The number of nitrogens with zero attached hydrogens (tertiary/aromatic N) is 2. The van der Waals surface area contributed by atoms with Gasteiger partial charge < -0.3 is 5.11 Å². The normalized spacial score (nSPS) is 32.1. The van der Waals surface area contributed by atoms with E-state index in [1.807, 2.05) is 13.8 Å². The van der Waals surface area contributed by atoms with Crippen LogP contribution in [0, 0.1) is 5.92 Å². The molecule has 1 aliphatic heterocycles. The molecule has 0 aromatic rings. The van der Waals surface area contributed by atoms with E-state index in [2.05, 4.69) is 9.98 Å². The summed E-state index contributed by atoms with van der Waals surface area (Å²) in [5, 5.41) is 8.79. The van der Waals surface area contributed by atoms with Crippen molar-refractivity contribution < 1.29 is 5.11 Å². The summed E-state index contributed by atoms with van der Waals surface area (Å²) in [6, 6.07) is 0.183. The van der Waals surface area contributed by atoms with Crippen LogP contribution in [0.1, 0.15) is 13.8 Å². The Balaban J connectivity index is 2.64. The molecule has 0 fully saturated rings. The molecule has 0 amide bonds. The lowest BCUT2D eigenvalue weighted by molar-refractivity contribution is 0.250. The molecule has 2 atom stereocenters. The predicted molar refractivity (Wildman–Crippen MR) is 41.6 cm³/mol. The zero-order valence-corrected chi connectivity index (χ0v) is 6.28. The van der Waals surface area contributed by atoms with E-state index >= 15 is 0 Å². The molecule has 0 aromatic heterocycles. The van der Waals surface area contributed by atoms with Gasteiger partial charge in [-0.25, -0.2) is 4.99 Å². The maximum Gasteiger partial charge on any atom is 0.119 e. The van der Waals surface area contributed by atoms with E-state index in [1.165, 1.54) is 0 Å². The lowest BCUT2D eigenvalue weighted by Gasteiger charge is -2.17. The summed E-state index contributed by atoms with van der Waals surface area (Å²) in [6.07, 6.45) is 1.77. The second kappa shape index (κ2) is 2.92. The van der Waals surface area contributed by atoms with E-state index in [0.717, 1.165) is 5.84 Å². The number of aliphatic hydroxyl groups excluding tert-OH is 1. The lowest BCUT2D eigenvalue weighted by atomic mass is 10.0. The maximum atomic E-state index is 8.79. The van der Waals surface area contributed by atoms with E-state index in [4.69, 9.17) is 5.11 Å². The van der Waals surface area contributed by atoms with E-state index in [1.54, 1.807) is 6.21 Å². The first-order chi connectivity index (χ1) is 4.74. The van der Waals surface area contributed by atoms with Crippen molar-refractivity contribution in [2.75, 3.05) is 6.61 Å². The summed E-state index contributed by atoms with van der Waals surface area (Å²) in [5.74, 6) is 0.918. The van der Waals surface area contributed by atoms with Crippen molar-refractivity contribution in [2.45, 2.75) is 19.9 Å². The zero-order valence-electron chi connectivity index (χ0n) is 6.28. The van der Waals surface area contributed by atoms with Crippen molar-refractivity contribution in [2.24, 2.45) is 15.9 Å². The summed E-state index contributed by atoms with van der Waals surface area (Å²) in [7, 11) is 0. The maximum absolute atomic E-state index is 8.79. The highest BCUT2D eigenvalue weighted by atomic mass is 16.3. The molecule has 0 bridgehead atoms. The van der Waals surface area contributed by atoms with Crippen LogP contribution in [0.3, 0.4) is 0 Å². The quantitative estimate of drug-likeness (QED) is 0.566. The van der Waals surface area contributed by atoms with Crippen molar-refractivity contribution in [3.63, 3.8) is 0 Å². The highest BCUT2D eigenvalue weighted by Crippen LogP contribution is 2.09. The Kier molecular flexibility index (Phi) is 2.17. The van der Waals surface area contributed by atoms with E-state index in [9.17, 15) is 0 Å². The lowest BCUT2D eigenvalue weighted by Crippen LogP contribution is -2.25. The summed E-state index contributed by atoms with van der Waals surface area (Å²) in [5.41, 5.74) is 0. The number of hydrogen-bond acceptors (Lipinski definition) is 3. The number of rotatable bonds is 1. The van der Waals surface area contributed by atoms with Gasteiger partial charge in [0.05, 0.1) is 12.6 Å². The first-order valence-corrected chi connectivity index (χ1v) is 3.43. The Bertz CT molecular complexity index is 174. The number of aliphatic imine (C=N–C) groups is 2. The molecule has 10 heavy (non-hydrogen) atoms. The second-order valence-electron chi connectivity index (χ2n) is 2.54. The predicted octanol–water partition coefficient (Wildman–Crippen LogP) is 0.486. The van der Waals surface area contributed by atoms with Crippen molar-refractivity contribution >= 4 is 12.1 Å². The molecule has 0 radical (unpaired) electrons. The molecule has 2 unspecified atom stereocenters. The van der Waals surface area contributed by atoms with Gasteiger partial charge in [0.25, 0.3) is 0 Å². The van der Waals surface area contributed by atoms with Gasteiger partial charge >= 0.3 is 0 Å². The first kappa shape index (κ1) is 7.41. The van der Waals surface area contributed by atoms with Crippen LogP contribution in [0.5, 0.6) is 0 Å². The fourth-order valence-corrected chi connectivity index (χ4v) is 0.952. The van der Waals surface area contributed by atoms with E-state index < -0.39 is 0 Å². The Morgan fingerprint density at radius 1 is 1.70 bits per heavy atom. The molecule has 1 heterocycles. The number of aliphatic hydroxyl groups is 1. The molecular weight excluding hydrogens is 128 g/mol. The molecule has 0 saturated heterocycles. The van der Waals surface area contributed by atoms with Crippen LogP contribution in [0.4, 0.5) is 0 Å². The number of amidine groups is 1. The Morgan fingerprint density at radius 3 is 2.90 bits per heavy atom. The third-order valence-electron chi connectivity index (χ3n) is 1.67. The molecule has 3 nitrogen and oxygen atoms in total. The highest BCUT2D eigenvalue weighted by Gasteiger charge is 2.16. The van der Waals surface area contributed by atoms with Crippen molar-refractivity contribution in [1.82, 2.24) is 0 Å². The van der Waals surface area contributed by atoms with Gasteiger partial charge in [-0.05, 0) is 13.8 Å². The third kappa shape index (κ3) is 1.42. The largest absolute Gasteiger partial charge is 0.396 e. The topological polar surface area (TPSA) is 45.0 Å². The minimum atomic E-state index is 0.115. The summed E-state index contributed by atoms with van der Waals surface area (Å²) in [4.78, 5) is 8.19. The van der Waals surface area contributed by atoms with Crippen molar-refractivity contribution in [3.05, 3.63) is 0 Å². The van der Waals surface area contributed by atoms with Crippen LogP contribution >= 0.6 is 0 Å². The van der Waals surface area contributed by atoms with Gasteiger partial charge in [0.15, 0.2) is 0 Å². The molecule has 0 spiro atoms. The van der Waals surface area contributed by atoms with Crippen LogP contribution in [-0.4, -0.2) is 29.8 Å². The molecule has 1 aliphatic rings. The molecule has 3 heteroatoms. The van der Waals surface area contributed by atoms with Gasteiger partial charge in [-0.15, -0.1) is 0 Å². The van der Waals surface area contributed by atoms with Crippen LogP contribution in [-0.2, 0) is 0 Å². The van der Waals surface area contributed by atoms with Crippen molar-refractivity contribution in [3.8, 4) is 0 Å². The molecule has 0 aliphatic carbocycles. The summed E-state index contributed by atoms with van der Waals surface area (Å²) < 4.78 is 0. The summed E-state index contributed by atoms with van der Waals surface area (Å²) >= 11 is 0. The summed E-state index contributed by atoms with van der Waals surface area (Å²) in [6.45, 7) is 3.98. The monoisotopic (exact) mass is 140 g/mol. The third-order valence-corrected chi connectivity index (χ3v) is 1.67. The molecule has 1 rings (SSSR count). The fraction of sp³-hybridized carbons (Fsp3) is 0.714. The van der Waals surface area contributed by atoms with Gasteiger partial charge in [0.2, 0.25) is 0 Å². The van der Waals surface area contributed by atoms with Gasteiger partial charge in [0, 0.05) is 12.1 Å². The van der Waals surface area contributed by atoms with Crippen LogP contribution in [0.2, 0.25) is 0 Å². The van der Waals surface area contributed by atoms with Crippen molar-refractivity contribution in [1.29, 1.82) is 0 Å². The average molecular weight is 140 g/mol. The molecular formula is C7H12N2O. The fourth-order valence-electron chi connectivity index (χ4n) is 0.952. The van der Waals surface area contributed by atoms with Gasteiger partial charge in [0.1, 0.15) is 5.84 Å². The van der Waals surface area contributed by atoms with Crippen LogP contribution in [0.25, 0.3) is 0 Å². The van der Waals surface area contributed by atoms with Gasteiger partial charge in [-0.2, -0.15) is 0 Å². The van der Waals surface area contributed by atoms with Crippen LogP contribution < -0.4 is 0 Å². The van der Waals surface area contributed by atoms with E-state index in [-0.39, 0.29) is 18.6 Å². The molecule has 0 aromatic carbocycles. The first-order valence-electron chi connectivity index (χ1n) is 3.43.